The Morgan fingerprint density at radius 1 is 0.739 bits per heavy atom. The largest absolute Gasteiger partial charge is 0.289 e. The Morgan fingerprint density at radius 3 is 1.87 bits per heavy atom. The highest BCUT2D eigenvalue weighted by Gasteiger charge is 2.11. The second-order valence-corrected chi connectivity index (χ2v) is 5.31. The molecule has 1 aromatic heterocycles. The number of pyridine rings is 1. The fourth-order valence-corrected chi connectivity index (χ4v) is 2.45. The number of allylic oxidation sites excluding steroid dienone is 2. The maximum Gasteiger partial charge on any atom is 0.186 e. The molecule has 0 aliphatic heterocycles. The second kappa shape index (κ2) is 7.32. The maximum atomic E-state index is 12.5. The number of hydrogen-bond acceptors (Lipinski definition) is 1. The van der Waals surface area contributed by atoms with Crippen molar-refractivity contribution in [3.05, 3.63) is 108 Å². The average molecular weight is 300 g/mol. The fraction of sp³-hybridized carbons (Fsp3) is 0.0476. The molecule has 0 aliphatic carbocycles. The molecule has 2 aromatic carbocycles. The van der Waals surface area contributed by atoms with Crippen molar-refractivity contribution in [2.24, 2.45) is 0 Å². The van der Waals surface area contributed by atoms with Gasteiger partial charge in [-0.15, -0.1) is 0 Å². The molecule has 1 heterocycles. The molecule has 0 N–H and O–H groups in total. The van der Waals surface area contributed by atoms with Gasteiger partial charge in [-0.2, -0.15) is 0 Å². The molecule has 112 valence electrons. The van der Waals surface area contributed by atoms with Crippen molar-refractivity contribution >= 4 is 11.4 Å². The van der Waals surface area contributed by atoms with Gasteiger partial charge >= 0.3 is 0 Å². The van der Waals surface area contributed by atoms with E-state index in [1.807, 2.05) is 91.3 Å². The van der Waals surface area contributed by atoms with Gasteiger partial charge in [0.2, 0.25) is 0 Å². The van der Waals surface area contributed by atoms with Gasteiger partial charge in [0.25, 0.3) is 0 Å². The van der Waals surface area contributed by atoms with Crippen LogP contribution in [0.2, 0.25) is 0 Å². The summed E-state index contributed by atoms with van der Waals surface area (Å²) in [5.41, 5.74) is 2.77. The number of hydrogen-bond donors (Lipinski definition) is 0. The molecule has 0 bridgehead atoms. The van der Waals surface area contributed by atoms with E-state index in [0.717, 1.165) is 11.1 Å². The molecule has 0 unspecified atom stereocenters. The lowest BCUT2D eigenvalue weighted by Crippen LogP contribution is -2.33. The number of nitrogens with zero attached hydrogens (tertiary/aromatic N) is 1. The molecule has 23 heavy (non-hydrogen) atoms. The van der Waals surface area contributed by atoms with E-state index in [4.69, 9.17) is 0 Å². The molecule has 3 aromatic rings. The first-order valence-corrected chi connectivity index (χ1v) is 7.62. The summed E-state index contributed by atoms with van der Waals surface area (Å²) in [5.74, 6) is 0.0287. The summed E-state index contributed by atoms with van der Waals surface area (Å²) < 4.78 is 2.07. The molecular weight excluding hydrogens is 282 g/mol. The average Bonchev–Trinajstić information content (AvgIpc) is 2.63. The maximum absolute atomic E-state index is 12.5. The van der Waals surface area contributed by atoms with E-state index in [2.05, 4.69) is 4.57 Å². The van der Waals surface area contributed by atoms with Gasteiger partial charge in [-0.25, -0.2) is 4.57 Å². The van der Waals surface area contributed by atoms with Crippen LogP contribution in [-0.4, -0.2) is 5.78 Å². The number of carbonyl (C=O) groups excluding carboxylic acids is 1. The zero-order valence-electron chi connectivity index (χ0n) is 12.8. The van der Waals surface area contributed by atoms with Crippen molar-refractivity contribution in [3.8, 4) is 0 Å². The number of carbonyl (C=O) groups is 1. The minimum absolute atomic E-state index is 0.0287. The molecule has 0 saturated heterocycles. The summed E-state index contributed by atoms with van der Waals surface area (Å²) >= 11 is 0. The van der Waals surface area contributed by atoms with Crippen molar-refractivity contribution in [1.82, 2.24) is 0 Å². The Morgan fingerprint density at radius 2 is 1.26 bits per heavy atom. The molecule has 0 atom stereocenters. The van der Waals surface area contributed by atoms with Crippen LogP contribution in [0.15, 0.2) is 97.3 Å². The lowest BCUT2D eigenvalue weighted by atomic mass is 10.0. The monoisotopic (exact) mass is 300 g/mol. The summed E-state index contributed by atoms with van der Waals surface area (Å²) in [6, 6.07) is 25.4. The normalized spacial score (nSPS) is 11.2. The van der Waals surface area contributed by atoms with Crippen LogP contribution in [0, 0.1) is 0 Å². The van der Waals surface area contributed by atoms with Gasteiger partial charge in [0.1, 0.15) is 0 Å². The molecule has 0 fully saturated rings. The van der Waals surface area contributed by atoms with Gasteiger partial charge < -0.3 is 0 Å². The zero-order valence-corrected chi connectivity index (χ0v) is 12.8. The first-order chi connectivity index (χ1) is 11.3. The highest BCUT2D eigenvalue weighted by atomic mass is 16.1. The molecular formula is C21H18NO+. The van der Waals surface area contributed by atoms with Gasteiger partial charge in [0, 0.05) is 23.3 Å². The standard InChI is InChI=1S/C21H18NO/c23-21(19-12-6-2-7-13-19)16-20(18-10-4-1-5-11-18)17-22-14-8-3-9-15-22/h1-16H,17H2/q+1/b20-16-. The van der Waals surface area contributed by atoms with Crippen LogP contribution in [0.5, 0.6) is 0 Å². The first-order valence-electron chi connectivity index (χ1n) is 7.62. The minimum Gasteiger partial charge on any atom is -0.289 e. The molecule has 0 radical (unpaired) electrons. The summed E-state index contributed by atoms with van der Waals surface area (Å²) in [6.45, 7) is 0.656. The summed E-state index contributed by atoms with van der Waals surface area (Å²) in [6.07, 6.45) is 5.75. The highest BCUT2D eigenvalue weighted by Crippen LogP contribution is 2.16. The predicted molar refractivity (Wildman–Crippen MR) is 91.8 cm³/mol. The third-order valence-electron chi connectivity index (χ3n) is 3.64. The summed E-state index contributed by atoms with van der Waals surface area (Å²) in [4.78, 5) is 12.5. The van der Waals surface area contributed by atoms with Crippen molar-refractivity contribution < 1.29 is 9.36 Å². The molecule has 2 nitrogen and oxygen atoms in total. The smallest absolute Gasteiger partial charge is 0.186 e. The number of benzene rings is 2. The topological polar surface area (TPSA) is 20.9 Å². The Labute approximate surface area is 136 Å². The molecule has 0 spiro atoms. The van der Waals surface area contributed by atoms with Crippen LogP contribution in [0.4, 0.5) is 0 Å². The Kier molecular flexibility index (Phi) is 4.75. The molecule has 0 amide bonds. The number of ketones is 1. The van der Waals surface area contributed by atoms with Crippen molar-refractivity contribution in [2.75, 3.05) is 0 Å². The second-order valence-electron chi connectivity index (χ2n) is 5.31. The fourth-order valence-electron chi connectivity index (χ4n) is 2.45. The molecule has 3 rings (SSSR count). The quantitative estimate of drug-likeness (QED) is 0.397. The van der Waals surface area contributed by atoms with Crippen LogP contribution in [0.1, 0.15) is 15.9 Å². The predicted octanol–water partition coefficient (Wildman–Crippen LogP) is 3.94. The van der Waals surface area contributed by atoms with Crippen LogP contribution < -0.4 is 4.57 Å². The van der Waals surface area contributed by atoms with E-state index in [-0.39, 0.29) is 5.78 Å². The third-order valence-corrected chi connectivity index (χ3v) is 3.64. The van der Waals surface area contributed by atoms with Gasteiger partial charge in [-0.1, -0.05) is 66.7 Å². The van der Waals surface area contributed by atoms with Crippen LogP contribution in [-0.2, 0) is 6.54 Å². The van der Waals surface area contributed by atoms with Gasteiger partial charge in [0.05, 0.1) is 0 Å². The lowest BCUT2D eigenvalue weighted by molar-refractivity contribution is -0.684. The Balaban J connectivity index is 1.95. The van der Waals surface area contributed by atoms with Crippen LogP contribution >= 0.6 is 0 Å². The van der Waals surface area contributed by atoms with E-state index in [9.17, 15) is 4.79 Å². The van der Waals surface area contributed by atoms with Crippen molar-refractivity contribution in [3.63, 3.8) is 0 Å². The Bertz CT molecular complexity index is 793. The molecule has 0 saturated carbocycles. The van der Waals surface area contributed by atoms with Crippen molar-refractivity contribution in [2.45, 2.75) is 6.54 Å². The van der Waals surface area contributed by atoms with Crippen LogP contribution in [0.25, 0.3) is 5.57 Å². The van der Waals surface area contributed by atoms with E-state index >= 15 is 0 Å². The SMILES string of the molecule is O=C(/C=C(/C[n+]1ccccc1)c1ccccc1)c1ccccc1. The Hall–Kier alpha value is -3.00. The van der Waals surface area contributed by atoms with E-state index in [1.165, 1.54) is 0 Å². The van der Waals surface area contributed by atoms with E-state index in [0.29, 0.717) is 12.1 Å². The number of rotatable bonds is 5. The third kappa shape index (κ3) is 4.01. The highest BCUT2D eigenvalue weighted by molar-refractivity contribution is 6.08. The summed E-state index contributed by atoms with van der Waals surface area (Å²) in [7, 11) is 0. The number of aromatic nitrogens is 1. The van der Waals surface area contributed by atoms with Gasteiger partial charge in [-0.05, 0) is 11.6 Å². The van der Waals surface area contributed by atoms with Gasteiger partial charge in [-0.3, -0.25) is 4.79 Å². The lowest BCUT2D eigenvalue weighted by Gasteiger charge is -2.05. The van der Waals surface area contributed by atoms with Gasteiger partial charge in [0.15, 0.2) is 24.7 Å². The van der Waals surface area contributed by atoms with E-state index in [1.54, 1.807) is 6.08 Å². The molecule has 0 aliphatic rings. The minimum atomic E-state index is 0.0287. The first kappa shape index (κ1) is 14.9. The van der Waals surface area contributed by atoms with Crippen LogP contribution in [0.3, 0.4) is 0 Å². The van der Waals surface area contributed by atoms with E-state index < -0.39 is 0 Å². The molecule has 2 heteroatoms. The summed E-state index contributed by atoms with van der Waals surface area (Å²) in [5, 5.41) is 0. The zero-order chi connectivity index (χ0) is 15.9. The van der Waals surface area contributed by atoms with Crippen molar-refractivity contribution in [1.29, 1.82) is 0 Å².